The highest BCUT2D eigenvalue weighted by molar-refractivity contribution is 5.71. The van der Waals surface area contributed by atoms with Crippen LogP contribution in [0.1, 0.15) is 19.3 Å². The molecular formula is C10H18N2O2. The summed E-state index contributed by atoms with van der Waals surface area (Å²) in [4.78, 5) is 11.0. The molecule has 80 valence electrons. The van der Waals surface area contributed by atoms with Crippen LogP contribution >= 0.6 is 0 Å². The van der Waals surface area contributed by atoms with E-state index in [1.807, 2.05) is 0 Å². The van der Waals surface area contributed by atoms with Crippen molar-refractivity contribution >= 4 is 5.97 Å². The minimum Gasteiger partial charge on any atom is -0.481 e. The summed E-state index contributed by atoms with van der Waals surface area (Å²) in [6, 6.07) is 0.217. The highest BCUT2D eigenvalue weighted by Gasteiger charge is 2.37. The largest absolute Gasteiger partial charge is 0.481 e. The van der Waals surface area contributed by atoms with Gasteiger partial charge in [-0.15, -0.1) is 0 Å². The lowest BCUT2D eigenvalue weighted by Crippen LogP contribution is -2.43. The van der Waals surface area contributed by atoms with Gasteiger partial charge in [0.2, 0.25) is 0 Å². The van der Waals surface area contributed by atoms with Crippen molar-refractivity contribution in [3.8, 4) is 0 Å². The Morgan fingerprint density at radius 1 is 1.14 bits per heavy atom. The molecule has 4 heteroatoms. The van der Waals surface area contributed by atoms with Crippen molar-refractivity contribution in [2.45, 2.75) is 25.3 Å². The Morgan fingerprint density at radius 3 is 2.50 bits per heavy atom. The summed E-state index contributed by atoms with van der Waals surface area (Å²) in [6.45, 7) is 2.94. The van der Waals surface area contributed by atoms with E-state index in [9.17, 15) is 4.79 Å². The third kappa shape index (κ3) is 1.91. The van der Waals surface area contributed by atoms with Gasteiger partial charge in [-0.05, 0) is 44.8 Å². The van der Waals surface area contributed by atoms with Crippen LogP contribution in [0.25, 0.3) is 0 Å². The first-order valence-corrected chi connectivity index (χ1v) is 5.46. The maximum absolute atomic E-state index is 11.0. The highest BCUT2D eigenvalue weighted by atomic mass is 16.4. The molecule has 4 nitrogen and oxygen atoms in total. The van der Waals surface area contributed by atoms with Gasteiger partial charge in [-0.25, -0.2) is 0 Å². The Bertz CT molecular complexity index is 214. The second-order valence-electron chi connectivity index (χ2n) is 4.30. The summed E-state index contributed by atoms with van der Waals surface area (Å²) >= 11 is 0. The summed E-state index contributed by atoms with van der Waals surface area (Å²) < 4.78 is 0. The average molecular weight is 198 g/mol. The van der Waals surface area contributed by atoms with Crippen molar-refractivity contribution in [2.24, 2.45) is 11.8 Å². The van der Waals surface area contributed by atoms with Gasteiger partial charge in [0.1, 0.15) is 0 Å². The van der Waals surface area contributed by atoms with Crippen LogP contribution in [0.3, 0.4) is 0 Å². The van der Waals surface area contributed by atoms with Gasteiger partial charge in [0.25, 0.3) is 0 Å². The second-order valence-corrected chi connectivity index (χ2v) is 4.30. The zero-order chi connectivity index (χ0) is 9.97. The molecule has 0 aromatic heterocycles. The Kier molecular flexibility index (Phi) is 3.03. The van der Waals surface area contributed by atoms with Crippen LogP contribution < -0.4 is 10.6 Å². The van der Waals surface area contributed by atoms with E-state index >= 15 is 0 Å². The number of rotatable bonds is 2. The van der Waals surface area contributed by atoms with Crippen LogP contribution in [0, 0.1) is 11.8 Å². The van der Waals surface area contributed by atoms with E-state index in [0.29, 0.717) is 5.92 Å². The lowest BCUT2D eigenvalue weighted by molar-refractivity contribution is -0.142. The fourth-order valence-electron chi connectivity index (χ4n) is 2.70. The van der Waals surface area contributed by atoms with E-state index < -0.39 is 5.97 Å². The van der Waals surface area contributed by atoms with Gasteiger partial charge >= 0.3 is 5.97 Å². The topological polar surface area (TPSA) is 61.4 Å². The van der Waals surface area contributed by atoms with Gasteiger partial charge < -0.3 is 15.7 Å². The number of carboxylic acid groups (broad SMARTS) is 1. The fourth-order valence-corrected chi connectivity index (χ4v) is 2.70. The van der Waals surface area contributed by atoms with Gasteiger partial charge in [-0.1, -0.05) is 0 Å². The maximum Gasteiger partial charge on any atom is 0.308 e. The van der Waals surface area contributed by atoms with Crippen LogP contribution in [0.5, 0.6) is 0 Å². The molecule has 14 heavy (non-hydrogen) atoms. The zero-order valence-corrected chi connectivity index (χ0v) is 8.33. The van der Waals surface area contributed by atoms with Gasteiger partial charge in [-0.3, -0.25) is 4.79 Å². The molecule has 0 aromatic rings. The van der Waals surface area contributed by atoms with E-state index in [-0.39, 0.29) is 12.0 Å². The van der Waals surface area contributed by atoms with E-state index in [1.165, 1.54) is 0 Å². The Morgan fingerprint density at radius 2 is 1.86 bits per heavy atom. The molecule has 2 heterocycles. The molecule has 2 unspecified atom stereocenters. The van der Waals surface area contributed by atoms with E-state index in [4.69, 9.17) is 5.11 Å². The van der Waals surface area contributed by atoms with Crippen LogP contribution in [-0.2, 0) is 4.79 Å². The molecule has 0 bridgehead atoms. The van der Waals surface area contributed by atoms with E-state index in [0.717, 1.165) is 38.9 Å². The normalized spacial score (nSPS) is 34.6. The zero-order valence-electron chi connectivity index (χ0n) is 8.33. The summed E-state index contributed by atoms with van der Waals surface area (Å²) in [5.41, 5.74) is 0. The molecule has 0 spiro atoms. The molecular weight excluding hydrogens is 180 g/mol. The van der Waals surface area contributed by atoms with Crippen LogP contribution in [-0.4, -0.2) is 36.8 Å². The van der Waals surface area contributed by atoms with Crippen molar-refractivity contribution in [1.29, 1.82) is 0 Å². The highest BCUT2D eigenvalue weighted by Crippen LogP contribution is 2.27. The minimum absolute atomic E-state index is 0.155. The van der Waals surface area contributed by atoms with Crippen LogP contribution in [0.4, 0.5) is 0 Å². The van der Waals surface area contributed by atoms with Gasteiger partial charge in [0.15, 0.2) is 0 Å². The van der Waals surface area contributed by atoms with Crippen molar-refractivity contribution in [3.05, 3.63) is 0 Å². The summed E-state index contributed by atoms with van der Waals surface area (Å²) in [7, 11) is 0. The first-order chi connectivity index (χ1) is 6.79. The summed E-state index contributed by atoms with van der Waals surface area (Å²) in [5, 5.41) is 15.7. The molecule has 2 aliphatic rings. The smallest absolute Gasteiger partial charge is 0.308 e. The number of piperidine rings is 1. The quantitative estimate of drug-likeness (QED) is 0.586. The van der Waals surface area contributed by atoms with E-state index in [1.54, 1.807) is 0 Å². The minimum atomic E-state index is -0.626. The Labute approximate surface area is 84.1 Å². The van der Waals surface area contributed by atoms with Crippen molar-refractivity contribution in [2.75, 3.05) is 19.6 Å². The third-order valence-corrected chi connectivity index (χ3v) is 3.48. The Balaban J connectivity index is 1.97. The third-order valence-electron chi connectivity index (χ3n) is 3.48. The number of aliphatic carboxylic acids is 1. The molecule has 2 aliphatic heterocycles. The Hall–Kier alpha value is -0.610. The van der Waals surface area contributed by atoms with Gasteiger partial charge in [0.05, 0.1) is 5.92 Å². The standard InChI is InChI=1S/C10H18N2O2/c13-10(14)8-3-6-12-9(8)7-1-4-11-5-2-7/h7-9,11-12H,1-6H2,(H,13,14). The van der Waals surface area contributed by atoms with Crippen LogP contribution in [0.15, 0.2) is 0 Å². The average Bonchev–Trinajstić information content (AvgIpc) is 2.67. The number of carboxylic acids is 1. The molecule has 2 fully saturated rings. The molecule has 2 rings (SSSR count). The van der Waals surface area contributed by atoms with Crippen LogP contribution in [0.2, 0.25) is 0 Å². The predicted octanol–water partition coefficient (Wildman–Crippen LogP) is 0.0487. The lowest BCUT2D eigenvalue weighted by Gasteiger charge is -2.30. The first-order valence-electron chi connectivity index (χ1n) is 5.46. The molecule has 0 aromatic carbocycles. The summed E-state index contributed by atoms with van der Waals surface area (Å²) in [6.07, 6.45) is 3.02. The fraction of sp³-hybridized carbons (Fsp3) is 0.900. The number of hydrogen-bond acceptors (Lipinski definition) is 3. The molecule has 0 radical (unpaired) electrons. The van der Waals surface area contributed by atoms with Gasteiger partial charge in [-0.2, -0.15) is 0 Å². The van der Waals surface area contributed by atoms with E-state index in [2.05, 4.69) is 10.6 Å². The number of nitrogens with one attached hydrogen (secondary N) is 2. The predicted molar refractivity (Wildman–Crippen MR) is 53.1 cm³/mol. The van der Waals surface area contributed by atoms with Crippen molar-refractivity contribution < 1.29 is 9.90 Å². The molecule has 0 amide bonds. The number of hydrogen-bond donors (Lipinski definition) is 3. The second kappa shape index (κ2) is 4.28. The molecule has 0 saturated carbocycles. The number of carbonyl (C=O) groups is 1. The van der Waals surface area contributed by atoms with Gasteiger partial charge in [0, 0.05) is 6.04 Å². The first kappa shape index (κ1) is 9.93. The lowest BCUT2D eigenvalue weighted by atomic mass is 9.83. The van der Waals surface area contributed by atoms with Crippen molar-refractivity contribution in [1.82, 2.24) is 10.6 Å². The summed E-state index contributed by atoms with van der Waals surface area (Å²) in [5.74, 6) is -0.225. The van der Waals surface area contributed by atoms with Crippen molar-refractivity contribution in [3.63, 3.8) is 0 Å². The monoisotopic (exact) mass is 198 g/mol. The molecule has 0 aliphatic carbocycles. The molecule has 2 saturated heterocycles. The molecule has 3 N–H and O–H groups in total. The SMILES string of the molecule is O=C(O)C1CCNC1C1CCNCC1. The maximum atomic E-state index is 11.0. The molecule has 2 atom stereocenters.